The fourth-order valence-corrected chi connectivity index (χ4v) is 6.97. The van der Waals surface area contributed by atoms with E-state index in [4.69, 9.17) is 10.8 Å². The van der Waals surface area contributed by atoms with Gasteiger partial charge in [0.05, 0.1) is 16.8 Å². The quantitative estimate of drug-likeness (QED) is 0.169. The average Bonchev–Trinajstić information content (AvgIpc) is 3.02. The maximum atomic E-state index is 13.4. The van der Waals surface area contributed by atoms with Gasteiger partial charge in [-0.15, -0.1) is 0 Å². The fourth-order valence-electron chi connectivity index (χ4n) is 6.97. The summed E-state index contributed by atoms with van der Waals surface area (Å²) in [5.74, 6) is -0.820. The molecule has 1 saturated heterocycles. The molecule has 1 heterocycles. The number of piperazine rings is 1. The number of alkyl halides is 6. The Hall–Kier alpha value is -3.05. The number of benzene rings is 2. The second-order valence-electron chi connectivity index (χ2n) is 13.0. The van der Waals surface area contributed by atoms with Crippen LogP contribution in [0.4, 0.5) is 26.3 Å². The van der Waals surface area contributed by atoms with Crippen LogP contribution < -0.4 is 0 Å². The lowest BCUT2D eigenvalue weighted by molar-refractivity contribution is -0.143. The van der Waals surface area contributed by atoms with E-state index in [1.807, 2.05) is 31.2 Å². The predicted octanol–water partition coefficient (Wildman–Crippen LogP) is 8.26. The highest BCUT2D eigenvalue weighted by atomic mass is 19.4. The molecule has 2 N–H and O–H groups in total. The molecule has 46 heavy (non-hydrogen) atoms. The number of nitrogens with zero attached hydrogens (tertiary/aromatic N) is 2. The summed E-state index contributed by atoms with van der Waals surface area (Å²) >= 11 is 0. The molecule has 5 nitrogen and oxygen atoms in total. The van der Waals surface area contributed by atoms with Crippen molar-refractivity contribution >= 4 is 17.7 Å². The molecule has 0 aromatic heterocycles. The SMILES string of the molecule is Cc1ccc([C@@](CCC=N)(CCN2CCN(C3CCCCC3)CC2)CC(=N)C(=O)Cc2cc(C(F)(F)F)cc(C(F)(F)F)c2)cc1. The number of rotatable bonds is 13. The lowest BCUT2D eigenvalue weighted by Crippen LogP contribution is -2.51. The van der Waals surface area contributed by atoms with E-state index in [1.165, 1.54) is 38.3 Å². The molecule has 4 rings (SSSR count). The predicted molar refractivity (Wildman–Crippen MR) is 168 cm³/mol. The second-order valence-corrected chi connectivity index (χ2v) is 13.0. The van der Waals surface area contributed by atoms with E-state index in [9.17, 15) is 31.1 Å². The first-order valence-corrected chi connectivity index (χ1v) is 16.1. The number of hydrogen-bond donors (Lipinski definition) is 2. The molecule has 2 aromatic rings. The highest BCUT2D eigenvalue weighted by Gasteiger charge is 2.38. The maximum absolute atomic E-state index is 13.4. The summed E-state index contributed by atoms with van der Waals surface area (Å²) in [4.78, 5) is 18.3. The molecule has 1 atom stereocenters. The first-order chi connectivity index (χ1) is 21.7. The number of Topliss-reactive ketones (excluding diaryl/α,β-unsaturated/α-hetero) is 1. The second kappa shape index (κ2) is 15.2. The monoisotopic (exact) mass is 650 g/mol. The fraction of sp³-hybridized carbons (Fsp3) is 0.571. The van der Waals surface area contributed by atoms with Gasteiger partial charge in [0.25, 0.3) is 0 Å². The third kappa shape index (κ3) is 9.50. The number of halogens is 6. The van der Waals surface area contributed by atoms with Crippen LogP contribution in [0.1, 0.15) is 85.6 Å². The number of carbonyl (C=O) groups excluding carboxylic acids is 1. The molecule has 0 unspecified atom stereocenters. The van der Waals surface area contributed by atoms with Crippen molar-refractivity contribution in [1.29, 1.82) is 10.8 Å². The molecule has 2 aliphatic rings. The van der Waals surface area contributed by atoms with Gasteiger partial charge in [-0.3, -0.25) is 9.69 Å². The first-order valence-electron chi connectivity index (χ1n) is 16.1. The van der Waals surface area contributed by atoms with Crippen molar-refractivity contribution in [2.75, 3.05) is 32.7 Å². The van der Waals surface area contributed by atoms with Crippen LogP contribution in [0.5, 0.6) is 0 Å². The molecule has 0 radical (unpaired) electrons. The lowest BCUT2D eigenvalue weighted by atomic mass is 9.69. The van der Waals surface area contributed by atoms with Crippen molar-refractivity contribution in [3.63, 3.8) is 0 Å². The van der Waals surface area contributed by atoms with Crippen LogP contribution in [0.3, 0.4) is 0 Å². The van der Waals surface area contributed by atoms with Crippen molar-refractivity contribution in [1.82, 2.24) is 9.80 Å². The molecule has 1 aliphatic carbocycles. The summed E-state index contributed by atoms with van der Waals surface area (Å²) in [5, 5.41) is 16.5. The van der Waals surface area contributed by atoms with E-state index < -0.39 is 46.7 Å². The third-order valence-corrected chi connectivity index (χ3v) is 9.70. The summed E-state index contributed by atoms with van der Waals surface area (Å²) in [6.07, 6.45) is -1.74. The van der Waals surface area contributed by atoms with Gasteiger partial charge in [0, 0.05) is 50.5 Å². The topological polar surface area (TPSA) is 71.2 Å². The Bertz CT molecular complexity index is 1310. The molecule has 1 aliphatic heterocycles. The molecule has 11 heteroatoms. The average molecular weight is 651 g/mol. The van der Waals surface area contributed by atoms with Crippen LogP contribution in [0.15, 0.2) is 42.5 Å². The number of carbonyl (C=O) groups is 1. The first kappa shape index (κ1) is 35.8. The Morgan fingerprint density at radius 2 is 1.43 bits per heavy atom. The van der Waals surface area contributed by atoms with Gasteiger partial charge in [0.1, 0.15) is 0 Å². The van der Waals surface area contributed by atoms with Crippen molar-refractivity contribution in [2.45, 2.75) is 94.9 Å². The molecule has 2 fully saturated rings. The Morgan fingerprint density at radius 3 is 1.98 bits per heavy atom. The van der Waals surface area contributed by atoms with E-state index in [0.717, 1.165) is 37.3 Å². The minimum absolute atomic E-state index is 0.0319. The van der Waals surface area contributed by atoms with Gasteiger partial charge >= 0.3 is 12.4 Å². The maximum Gasteiger partial charge on any atom is 0.416 e. The van der Waals surface area contributed by atoms with E-state index in [1.54, 1.807) is 0 Å². The molecule has 0 spiro atoms. The van der Waals surface area contributed by atoms with Crippen LogP contribution in [-0.4, -0.2) is 66.3 Å². The molecular weight excluding hydrogens is 606 g/mol. The molecule has 2 aromatic carbocycles. The normalized spacial score (nSPS) is 18.7. The van der Waals surface area contributed by atoms with E-state index in [2.05, 4.69) is 9.80 Å². The number of nitrogens with one attached hydrogen (secondary N) is 2. The van der Waals surface area contributed by atoms with E-state index in [-0.39, 0.29) is 18.2 Å². The smallest absolute Gasteiger partial charge is 0.313 e. The number of aryl methyl sites for hydroxylation is 1. The Kier molecular flexibility index (Phi) is 11.9. The number of ketones is 1. The van der Waals surface area contributed by atoms with Gasteiger partial charge in [0.2, 0.25) is 0 Å². The Morgan fingerprint density at radius 1 is 0.848 bits per heavy atom. The van der Waals surface area contributed by atoms with Gasteiger partial charge in [0.15, 0.2) is 5.78 Å². The molecule has 252 valence electrons. The highest BCUT2D eigenvalue weighted by molar-refractivity contribution is 6.39. The van der Waals surface area contributed by atoms with Crippen LogP contribution >= 0.6 is 0 Å². The van der Waals surface area contributed by atoms with Crippen LogP contribution in [0, 0.1) is 17.7 Å². The number of hydrogen-bond acceptors (Lipinski definition) is 5. The standard InChI is InChI=1S/C35H44F6N4O/c1-25-8-10-27(11-9-25)33(12-5-14-42,13-15-44-16-18-45(19-17-44)30-6-3-2-4-7-30)24-31(43)32(46)22-26-20-28(34(36,37)38)23-29(21-26)35(39,40)41/h8-11,14,20-21,23,30,42-43H,2-7,12-13,15-19,22,24H2,1H3/t33-/m0/s1. The summed E-state index contributed by atoms with van der Waals surface area (Å²) in [6.45, 7) is 6.41. The van der Waals surface area contributed by atoms with Gasteiger partial charge in [-0.05, 0) is 81.1 Å². The summed E-state index contributed by atoms with van der Waals surface area (Å²) in [7, 11) is 0. The Balaban J connectivity index is 1.54. The van der Waals surface area contributed by atoms with Crippen LogP contribution in [-0.2, 0) is 29.0 Å². The third-order valence-electron chi connectivity index (χ3n) is 9.70. The molecule has 1 saturated carbocycles. The molecule has 0 amide bonds. The van der Waals surface area contributed by atoms with E-state index >= 15 is 0 Å². The highest BCUT2D eigenvalue weighted by Crippen LogP contribution is 2.39. The van der Waals surface area contributed by atoms with Crippen molar-refractivity contribution in [2.24, 2.45) is 0 Å². The summed E-state index contributed by atoms with van der Waals surface area (Å²) in [5.41, 5.74) is -2.55. The minimum Gasteiger partial charge on any atom is -0.313 e. The summed E-state index contributed by atoms with van der Waals surface area (Å²) < 4.78 is 80.5. The van der Waals surface area contributed by atoms with Crippen LogP contribution in [0.25, 0.3) is 0 Å². The van der Waals surface area contributed by atoms with Crippen LogP contribution in [0.2, 0.25) is 0 Å². The minimum atomic E-state index is -5.03. The Labute approximate surface area is 267 Å². The zero-order valence-corrected chi connectivity index (χ0v) is 26.4. The zero-order valence-electron chi connectivity index (χ0n) is 26.4. The van der Waals surface area contributed by atoms with Gasteiger partial charge in [-0.25, -0.2) is 0 Å². The molecule has 0 bridgehead atoms. The summed E-state index contributed by atoms with van der Waals surface area (Å²) in [6, 6.07) is 9.60. The van der Waals surface area contributed by atoms with Crippen molar-refractivity contribution in [3.8, 4) is 0 Å². The lowest BCUT2D eigenvalue weighted by Gasteiger charge is -2.42. The molecular formula is C35H44F6N4O. The van der Waals surface area contributed by atoms with Gasteiger partial charge < -0.3 is 15.7 Å². The van der Waals surface area contributed by atoms with Gasteiger partial charge in [-0.1, -0.05) is 49.1 Å². The van der Waals surface area contributed by atoms with Crippen molar-refractivity contribution in [3.05, 3.63) is 70.3 Å². The van der Waals surface area contributed by atoms with E-state index in [0.29, 0.717) is 44.0 Å². The van der Waals surface area contributed by atoms with Crippen molar-refractivity contribution < 1.29 is 31.1 Å². The zero-order chi connectivity index (χ0) is 33.5. The largest absolute Gasteiger partial charge is 0.416 e. The van der Waals surface area contributed by atoms with Gasteiger partial charge in [-0.2, -0.15) is 26.3 Å².